The van der Waals surface area contributed by atoms with E-state index in [0.29, 0.717) is 55.1 Å². The number of fused-ring (bicyclic) bond motifs is 1. The van der Waals surface area contributed by atoms with Gasteiger partial charge in [0.2, 0.25) is 0 Å². The summed E-state index contributed by atoms with van der Waals surface area (Å²) in [6.45, 7) is 1.99. The van der Waals surface area contributed by atoms with E-state index in [0.717, 1.165) is 5.69 Å². The molecule has 0 radical (unpaired) electrons. The van der Waals surface area contributed by atoms with Gasteiger partial charge in [-0.25, -0.2) is 9.37 Å². The first-order chi connectivity index (χ1) is 13.6. The largest absolute Gasteiger partial charge is 0.380 e. The zero-order chi connectivity index (χ0) is 19.5. The minimum atomic E-state index is -0.482. The number of ether oxygens (including phenoxy) is 1. The number of pyridine rings is 2. The molecule has 3 heterocycles. The lowest BCUT2D eigenvalue weighted by Crippen LogP contribution is -2.26. The van der Waals surface area contributed by atoms with Crippen LogP contribution in [0.3, 0.4) is 0 Å². The maximum Gasteiger partial charge on any atom is 0.269 e. The van der Waals surface area contributed by atoms with Crippen molar-refractivity contribution in [3.05, 3.63) is 59.1 Å². The third-order valence-electron chi connectivity index (χ3n) is 4.51. The summed E-state index contributed by atoms with van der Waals surface area (Å²) in [5.74, 6) is -0.725. The molecule has 144 valence electrons. The maximum absolute atomic E-state index is 13.7. The Morgan fingerprint density at radius 1 is 1.18 bits per heavy atom. The van der Waals surface area contributed by atoms with Crippen molar-refractivity contribution in [3.63, 3.8) is 0 Å². The number of hydrogen-bond donors (Lipinski definition) is 1. The molecule has 0 aliphatic carbocycles. The number of anilines is 2. The first-order valence-electron chi connectivity index (χ1n) is 8.98. The number of nitrogens with one attached hydrogen (secondary N) is 1. The number of aromatic nitrogens is 2. The highest BCUT2D eigenvalue weighted by Crippen LogP contribution is 2.32. The van der Waals surface area contributed by atoms with Gasteiger partial charge in [0.25, 0.3) is 5.91 Å². The molecule has 1 aromatic carbocycles. The third-order valence-corrected chi connectivity index (χ3v) is 4.80. The van der Waals surface area contributed by atoms with Crippen LogP contribution in [0.15, 0.2) is 42.6 Å². The zero-order valence-corrected chi connectivity index (χ0v) is 15.7. The van der Waals surface area contributed by atoms with Crippen LogP contribution in [0.5, 0.6) is 0 Å². The first-order valence-corrected chi connectivity index (χ1v) is 9.35. The highest BCUT2D eigenvalue weighted by atomic mass is 35.5. The van der Waals surface area contributed by atoms with E-state index in [1.807, 2.05) is 11.0 Å². The van der Waals surface area contributed by atoms with Crippen molar-refractivity contribution in [3.8, 4) is 0 Å². The fourth-order valence-corrected chi connectivity index (χ4v) is 3.30. The van der Waals surface area contributed by atoms with Crippen LogP contribution in [0.4, 0.5) is 15.8 Å². The van der Waals surface area contributed by atoms with Crippen molar-refractivity contribution < 1.29 is 13.9 Å². The second-order valence-corrected chi connectivity index (χ2v) is 6.77. The Hall–Kier alpha value is -2.77. The molecule has 8 heteroatoms. The van der Waals surface area contributed by atoms with E-state index < -0.39 is 5.82 Å². The molecule has 0 spiro atoms. The average molecular weight is 401 g/mol. The van der Waals surface area contributed by atoms with Gasteiger partial charge in [-0.1, -0.05) is 11.6 Å². The first kappa shape index (κ1) is 18.6. The zero-order valence-electron chi connectivity index (χ0n) is 15.0. The molecular weight excluding hydrogens is 383 g/mol. The maximum atomic E-state index is 13.7. The van der Waals surface area contributed by atoms with Crippen molar-refractivity contribution in [2.75, 3.05) is 31.2 Å². The SMILES string of the molecule is O=C1NCCCOCCN(c2ccc(F)c(Cl)c2)c2ccnc3ccc1nc23. The second-order valence-electron chi connectivity index (χ2n) is 6.37. The smallest absolute Gasteiger partial charge is 0.269 e. The van der Waals surface area contributed by atoms with Crippen molar-refractivity contribution in [1.82, 2.24) is 15.3 Å². The predicted molar refractivity (Wildman–Crippen MR) is 106 cm³/mol. The minimum Gasteiger partial charge on any atom is -0.380 e. The number of amides is 1. The molecule has 0 fully saturated rings. The number of carbonyl (C=O) groups is 1. The molecule has 6 nitrogen and oxygen atoms in total. The van der Waals surface area contributed by atoms with Crippen LogP contribution in [-0.2, 0) is 4.74 Å². The summed E-state index contributed by atoms with van der Waals surface area (Å²) in [4.78, 5) is 23.2. The van der Waals surface area contributed by atoms with Gasteiger partial charge in [-0.15, -0.1) is 0 Å². The highest BCUT2D eigenvalue weighted by molar-refractivity contribution is 6.31. The Bertz CT molecular complexity index is 1030. The van der Waals surface area contributed by atoms with Crippen molar-refractivity contribution in [2.45, 2.75) is 6.42 Å². The van der Waals surface area contributed by atoms with Gasteiger partial charge >= 0.3 is 0 Å². The summed E-state index contributed by atoms with van der Waals surface area (Å²) < 4.78 is 19.4. The molecule has 1 amide bonds. The van der Waals surface area contributed by atoms with Gasteiger partial charge in [0.15, 0.2) is 0 Å². The third kappa shape index (κ3) is 3.76. The van der Waals surface area contributed by atoms with Crippen LogP contribution < -0.4 is 10.2 Å². The topological polar surface area (TPSA) is 67.3 Å². The minimum absolute atomic E-state index is 0.0349. The van der Waals surface area contributed by atoms with Crippen molar-refractivity contribution >= 4 is 39.9 Å². The van der Waals surface area contributed by atoms with E-state index in [1.54, 1.807) is 30.5 Å². The second kappa shape index (κ2) is 8.08. The number of rotatable bonds is 1. The molecule has 1 N–H and O–H groups in total. The molecule has 2 aromatic heterocycles. The van der Waals surface area contributed by atoms with Crippen LogP contribution in [0.25, 0.3) is 11.0 Å². The van der Waals surface area contributed by atoms with Crippen molar-refractivity contribution in [1.29, 1.82) is 0 Å². The fourth-order valence-electron chi connectivity index (χ4n) is 3.12. The molecule has 4 rings (SSSR count). The lowest BCUT2D eigenvalue weighted by molar-refractivity contribution is 0.0939. The lowest BCUT2D eigenvalue weighted by atomic mass is 10.2. The fraction of sp³-hybridized carbons (Fsp3) is 0.250. The average Bonchev–Trinajstić information content (AvgIpc) is 2.72. The summed E-state index contributed by atoms with van der Waals surface area (Å²) in [6.07, 6.45) is 2.38. The monoisotopic (exact) mass is 400 g/mol. The van der Waals surface area contributed by atoms with Gasteiger partial charge in [0.05, 0.1) is 22.8 Å². The number of carbonyl (C=O) groups excluding carboxylic acids is 1. The van der Waals surface area contributed by atoms with Gasteiger partial charge in [0, 0.05) is 31.6 Å². The molecule has 1 aliphatic heterocycles. The van der Waals surface area contributed by atoms with E-state index in [-0.39, 0.29) is 10.9 Å². The van der Waals surface area contributed by atoms with Gasteiger partial charge < -0.3 is 15.0 Å². The van der Waals surface area contributed by atoms with E-state index in [4.69, 9.17) is 16.3 Å². The summed E-state index contributed by atoms with van der Waals surface area (Å²) >= 11 is 6.01. The molecule has 0 unspecified atom stereocenters. The Kier molecular flexibility index (Phi) is 5.36. The number of benzene rings is 1. The van der Waals surface area contributed by atoms with E-state index in [2.05, 4.69) is 15.3 Å². The Labute approximate surface area is 166 Å². The standard InChI is InChI=1S/C20H18ClFN4O2/c21-14-12-13(2-3-15(14)22)26-9-11-28-10-1-7-24-20(27)17-5-4-16-19(25-17)18(26)6-8-23-16/h2-6,8,12H,1,7,9-11H2,(H,24,27). The van der Waals surface area contributed by atoms with Crippen LogP contribution in [0.2, 0.25) is 5.02 Å². The highest BCUT2D eigenvalue weighted by Gasteiger charge is 2.18. The van der Waals surface area contributed by atoms with Crippen molar-refractivity contribution in [2.24, 2.45) is 0 Å². The summed E-state index contributed by atoms with van der Waals surface area (Å²) in [5, 5.41) is 2.88. The molecule has 0 atom stereocenters. The Morgan fingerprint density at radius 3 is 2.93 bits per heavy atom. The van der Waals surface area contributed by atoms with E-state index >= 15 is 0 Å². The Balaban J connectivity index is 1.87. The van der Waals surface area contributed by atoms with E-state index in [9.17, 15) is 9.18 Å². The lowest BCUT2D eigenvalue weighted by Gasteiger charge is -2.26. The van der Waals surface area contributed by atoms with Gasteiger partial charge in [0.1, 0.15) is 17.0 Å². The summed E-state index contributed by atoms with van der Waals surface area (Å²) in [6, 6.07) is 9.79. The van der Waals surface area contributed by atoms with Crippen LogP contribution >= 0.6 is 11.6 Å². The van der Waals surface area contributed by atoms with Gasteiger partial charge in [-0.05, 0) is 42.8 Å². The quantitative estimate of drug-likeness (QED) is 0.674. The Morgan fingerprint density at radius 2 is 2.07 bits per heavy atom. The normalized spacial score (nSPS) is 15.6. The van der Waals surface area contributed by atoms with Crippen LogP contribution in [-0.4, -0.2) is 42.2 Å². The number of hydrogen-bond acceptors (Lipinski definition) is 5. The van der Waals surface area contributed by atoms with Gasteiger partial charge in [-0.2, -0.15) is 0 Å². The summed E-state index contributed by atoms with van der Waals surface area (Å²) in [7, 11) is 0. The molecule has 0 saturated carbocycles. The van der Waals surface area contributed by atoms with E-state index in [1.165, 1.54) is 6.07 Å². The van der Waals surface area contributed by atoms with Gasteiger partial charge in [-0.3, -0.25) is 9.78 Å². The summed E-state index contributed by atoms with van der Waals surface area (Å²) in [5.41, 5.74) is 3.00. The molecular formula is C20H18ClFN4O2. The van der Waals surface area contributed by atoms with Crippen LogP contribution in [0, 0.1) is 5.82 Å². The molecule has 3 aromatic rings. The number of halogens is 2. The molecule has 0 saturated heterocycles. The predicted octanol–water partition coefficient (Wildman–Crippen LogP) is 3.71. The molecule has 28 heavy (non-hydrogen) atoms. The van der Waals surface area contributed by atoms with Crippen LogP contribution in [0.1, 0.15) is 16.9 Å². The number of nitrogens with zero attached hydrogens (tertiary/aromatic N) is 3. The molecule has 1 aliphatic rings. The molecule has 2 bridgehead atoms.